The fraction of sp³-hybridized carbons (Fsp3) is 0.167. The van der Waals surface area contributed by atoms with Gasteiger partial charge in [0, 0.05) is 37.7 Å². The standard InChI is InChI=1S/C18H16N6O3/c1-11-13(14-17(27-11)21-10-23(2)18(14)26)16(25)20-9-12-5-3-6-19-15(12)24-8-4-7-22-24/h3-8,10H,9H2,1-2H3,(H,20,25). The molecule has 4 aromatic rings. The van der Waals surface area contributed by atoms with Gasteiger partial charge < -0.3 is 14.3 Å². The summed E-state index contributed by atoms with van der Waals surface area (Å²) in [5, 5.41) is 7.18. The SMILES string of the molecule is Cc1oc2ncn(C)c(=O)c2c1C(=O)NCc1cccnc1-n1cccn1. The molecular formula is C18H16N6O3. The summed E-state index contributed by atoms with van der Waals surface area (Å²) < 4.78 is 8.41. The molecule has 0 saturated carbocycles. The van der Waals surface area contributed by atoms with Crippen LogP contribution < -0.4 is 10.9 Å². The summed E-state index contributed by atoms with van der Waals surface area (Å²) in [5.74, 6) is 0.553. The largest absolute Gasteiger partial charge is 0.442 e. The molecule has 0 aliphatic carbocycles. The highest BCUT2D eigenvalue weighted by Gasteiger charge is 2.22. The molecule has 0 aromatic carbocycles. The molecular weight excluding hydrogens is 348 g/mol. The van der Waals surface area contributed by atoms with Gasteiger partial charge in [-0.25, -0.2) is 14.6 Å². The van der Waals surface area contributed by atoms with Gasteiger partial charge in [-0.1, -0.05) is 6.07 Å². The average molecular weight is 364 g/mol. The van der Waals surface area contributed by atoms with E-state index in [4.69, 9.17) is 4.42 Å². The third kappa shape index (κ3) is 2.88. The molecule has 27 heavy (non-hydrogen) atoms. The summed E-state index contributed by atoms with van der Waals surface area (Å²) in [7, 11) is 1.57. The molecule has 0 fully saturated rings. The Labute approximate surface area is 153 Å². The fourth-order valence-electron chi connectivity index (χ4n) is 2.89. The van der Waals surface area contributed by atoms with Crippen molar-refractivity contribution < 1.29 is 9.21 Å². The van der Waals surface area contributed by atoms with Crippen LogP contribution in [0.2, 0.25) is 0 Å². The van der Waals surface area contributed by atoms with Crippen molar-refractivity contribution in [2.24, 2.45) is 7.05 Å². The molecule has 136 valence electrons. The number of carbonyl (C=O) groups excluding carboxylic acids is 1. The first-order valence-corrected chi connectivity index (χ1v) is 8.23. The van der Waals surface area contributed by atoms with Gasteiger partial charge >= 0.3 is 0 Å². The monoisotopic (exact) mass is 364 g/mol. The Morgan fingerprint density at radius 1 is 1.26 bits per heavy atom. The number of aromatic nitrogens is 5. The zero-order valence-corrected chi connectivity index (χ0v) is 14.7. The van der Waals surface area contributed by atoms with Crippen LogP contribution in [0.15, 0.2) is 52.3 Å². The predicted molar refractivity (Wildman–Crippen MR) is 96.5 cm³/mol. The summed E-state index contributed by atoms with van der Waals surface area (Å²) >= 11 is 0. The topological polar surface area (TPSA) is 108 Å². The van der Waals surface area contributed by atoms with Gasteiger partial charge in [0.15, 0.2) is 5.82 Å². The Hall–Kier alpha value is -3.75. The summed E-state index contributed by atoms with van der Waals surface area (Å²) in [5.41, 5.74) is 0.800. The minimum atomic E-state index is -0.411. The first kappa shape index (κ1) is 16.7. The van der Waals surface area contributed by atoms with Gasteiger partial charge in [0.05, 0.1) is 5.56 Å². The number of amides is 1. The smallest absolute Gasteiger partial charge is 0.265 e. The molecule has 0 spiro atoms. The number of nitrogens with one attached hydrogen (secondary N) is 1. The number of furan rings is 1. The van der Waals surface area contributed by atoms with Crippen molar-refractivity contribution in [3.63, 3.8) is 0 Å². The summed E-state index contributed by atoms with van der Waals surface area (Å²) in [6.45, 7) is 1.85. The lowest BCUT2D eigenvalue weighted by molar-refractivity contribution is 0.0950. The van der Waals surface area contributed by atoms with Crippen molar-refractivity contribution in [3.05, 3.63) is 70.4 Å². The molecule has 4 rings (SSSR count). The lowest BCUT2D eigenvalue weighted by Gasteiger charge is -2.09. The Morgan fingerprint density at radius 3 is 2.89 bits per heavy atom. The molecule has 1 amide bonds. The molecule has 9 nitrogen and oxygen atoms in total. The molecule has 1 N–H and O–H groups in total. The summed E-state index contributed by atoms with van der Waals surface area (Å²) in [4.78, 5) is 33.6. The average Bonchev–Trinajstić information content (AvgIpc) is 3.31. The molecule has 4 aromatic heterocycles. The third-order valence-electron chi connectivity index (χ3n) is 4.20. The number of nitrogens with zero attached hydrogens (tertiary/aromatic N) is 5. The molecule has 0 bridgehead atoms. The molecule has 0 unspecified atom stereocenters. The maximum atomic E-state index is 12.8. The maximum Gasteiger partial charge on any atom is 0.265 e. The Morgan fingerprint density at radius 2 is 2.11 bits per heavy atom. The Bertz CT molecular complexity index is 1190. The number of hydrogen-bond donors (Lipinski definition) is 1. The number of carbonyl (C=O) groups is 1. The minimum absolute atomic E-state index is 0.152. The third-order valence-corrected chi connectivity index (χ3v) is 4.20. The van der Waals surface area contributed by atoms with Crippen LogP contribution in [0.4, 0.5) is 0 Å². The lowest BCUT2D eigenvalue weighted by atomic mass is 10.1. The van der Waals surface area contributed by atoms with Crippen molar-refractivity contribution >= 4 is 17.0 Å². The van der Waals surface area contributed by atoms with Crippen molar-refractivity contribution in [1.29, 1.82) is 0 Å². The van der Waals surface area contributed by atoms with Gasteiger partial charge in [-0.3, -0.25) is 9.59 Å². The van der Waals surface area contributed by atoms with Crippen molar-refractivity contribution in [2.45, 2.75) is 13.5 Å². The summed E-state index contributed by atoms with van der Waals surface area (Å²) in [6, 6.07) is 5.43. The van der Waals surface area contributed by atoms with E-state index in [2.05, 4.69) is 20.4 Å². The minimum Gasteiger partial charge on any atom is -0.442 e. The van der Waals surface area contributed by atoms with Gasteiger partial charge in [0.25, 0.3) is 11.5 Å². The normalized spacial score (nSPS) is 11.0. The van der Waals surface area contributed by atoms with E-state index >= 15 is 0 Å². The van der Waals surface area contributed by atoms with Crippen LogP contribution in [-0.2, 0) is 13.6 Å². The number of pyridine rings is 1. The summed E-state index contributed by atoms with van der Waals surface area (Å²) in [6.07, 6.45) is 6.45. The van der Waals surface area contributed by atoms with E-state index in [1.165, 1.54) is 10.9 Å². The van der Waals surface area contributed by atoms with Gasteiger partial charge in [-0.15, -0.1) is 0 Å². The Balaban J connectivity index is 1.66. The van der Waals surface area contributed by atoms with Crippen LogP contribution in [-0.4, -0.2) is 30.2 Å². The molecule has 0 radical (unpaired) electrons. The van der Waals surface area contributed by atoms with Gasteiger partial charge in [-0.2, -0.15) is 5.10 Å². The highest BCUT2D eigenvalue weighted by molar-refractivity contribution is 6.06. The van der Waals surface area contributed by atoms with Crippen molar-refractivity contribution in [2.75, 3.05) is 0 Å². The second-order valence-corrected chi connectivity index (χ2v) is 5.99. The highest BCUT2D eigenvalue weighted by atomic mass is 16.3. The highest BCUT2D eigenvalue weighted by Crippen LogP contribution is 2.21. The number of aryl methyl sites for hydroxylation is 2. The van der Waals surface area contributed by atoms with Gasteiger partial charge in [0.1, 0.15) is 17.5 Å². The van der Waals surface area contributed by atoms with E-state index in [1.807, 2.05) is 6.07 Å². The van der Waals surface area contributed by atoms with Gasteiger partial charge in [-0.05, 0) is 19.1 Å². The van der Waals surface area contributed by atoms with Crippen molar-refractivity contribution in [1.82, 2.24) is 29.6 Å². The van der Waals surface area contributed by atoms with E-state index < -0.39 is 5.91 Å². The zero-order valence-electron chi connectivity index (χ0n) is 14.7. The first-order chi connectivity index (χ1) is 13.1. The van der Waals surface area contributed by atoms with Crippen LogP contribution in [0.5, 0.6) is 0 Å². The predicted octanol–water partition coefficient (Wildman–Crippen LogP) is 1.35. The molecule has 0 atom stereocenters. The van der Waals surface area contributed by atoms with E-state index in [1.54, 1.807) is 49.4 Å². The fourth-order valence-corrected chi connectivity index (χ4v) is 2.89. The van der Waals surface area contributed by atoms with E-state index in [0.717, 1.165) is 5.56 Å². The van der Waals surface area contributed by atoms with Crippen LogP contribution in [0, 0.1) is 6.92 Å². The maximum absolute atomic E-state index is 12.8. The number of rotatable bonds is 4. The van der Waals surface area contributed by atoms with E-state index in [9.17, 15) is 9.59 Å². The van der Waals surface area contributed by atoms with E-state index in [0.29, 0.717) is 11.6 Å². The number of hydrogen-bond acceptors (Lipinski definition) is 6. The molecule has 4 heterocycles. The molecule has 0 aliphatic heterocycles. The molecule has 0 saturated heterocycles. The van der Waals surface area contributed by atoms with Crippen LogP contribution in [0.1, 0.15) is 21.7 Å². The number of fused-ring (bicyclic) bond motifs is 1. The van der Waals surface area contributed by atoms with Crippen LogP contribution in [0.25, 0.3) is 16.9 Å². The Kier molecular flexibility index (Phi) is 4.03. The van der Waals surface area contributed by atoms with Crippen LogP contribution >= 0.6 is 0 Å². The molecule has 9 heteroatoms. The zero-order chi connectivity index (χ0) is 19.0. The van der Waals surface area contributed by atoms with Crippen LogP contribution in [0.3, 0.4) is 0 Å². The molecule has 0 aliphatic rings. The van der Waals surface area contributed by atoms with E-state index in [-0.39, 0.29) is 28.8 Å². The van der Waals surface area contributed by atoms with Crippen molar-refractivity contribution in [3.8, 4) is 5.82 Å². The van der Waals surface area contributed by atoms with Gasteiger partial charge in [0.2, 0.25) is 5.71 Å². The quantitative estimate of drug-likeness (QED) is 0.586. The second kappa shape index (κ2) is 6.52. The lowest BCUT2D eigenvalue weighted by Crippen LogP contribution is -2.26. The first-order valence-electron chi connectivity index (χ1n) is 8.23. The second-order valence-electron chi connectivity index (χ2n) is 5.99.